The fraction of sp³-hybridized carbons (Fsp3) is 0.225. The van der Waals surface area contributed by atoms with E-state index in [1.54, 1.807) is 50.3 Å². The minimum Gasteiger partial charge on any atom is -0.282 e. The molecule has 53 heavy (non-hydrogen) atoms. The first-order valence-electron chi connectivity index (χ1n) is 16.5. The molecule has 3 N–H and O–H groups in total. The summed E-state index contributed by atoms with van der Waals surface area (Å²) in [7, 11) is -12.9. The molecular weight excluding hydrogens is 737 g/mol. The van der Waals surface area contributed by atoms with E-state index in [1.165, 1.54) is 13.2 Å². The molecule has 0 bridgehead atoms. The molecule has 0 saturated carbocycles. The van der Waals surface area contributed by atoms with Crippen molar-refractivity contribution in [2.45, 2.75) is 69.1 Å². The minimum absolute atomic E-state index is 0.0491. The van der Waals surface area contributed by atoms with E-state index < -0.39 is 40.1 Å². The van der Waals surface area contributed by atoms with Crippen LogP contribution in [0.5, 0.6) is 0 Å². The third-order valence-electron chi connectivity index (χ3n) is 9.50. The van der Waals surface area contributed by atoms with Gasteiger partial charge in [-0.25, -0.2) is 0 Å². The summed E-state index contributed by atoms with van der Waals surface area (Å²) in [5, 5.41) is 0. The maximum atomic E-state index is 12.8. The van der Waals surface area contributed by atoms with Crippen LogP contribution >= 0.6 is 0 Å². The van der Waals surface area contributed by atoms with E-state index in [9.17, 15) is 38.9 Å². The van der Waals surface area contributed by atoms with Crippen molar-refractivity contribution in [3.8, 4) is 0 Å². The maximum Gasteiger partial charge on any atom is 0.351 e. The summed E-state index contributed by atoms with van der Waals surface area (Å²) >= 11 is 0. The Balaban J connectivity index is 1.69. The van der Waals surface area contributed by atoms with Gasteiger partial charge in [-0.15, -0.1) is 0 Å². The first-order valence-corrected chi connectivity index (χ1v) is 20.8. The van der Waals surface area contributed by atoms with E-state index >= 15 is 0 Å². The van der Waals surface area contributed by atoms with Gasteiger partial charge in [-0.3, -0.25) is 18.1 Å². The third kappa shape index (κ3) is 8.51. The maximum absolute atomic E-state index is 12.8. The van der Waals surface area contributed by atoms with Crippen LogP contribution < -0.4 is 0 Å². The number of ketones is 1. The highest BCUT2D eigenvalue weighted by atomic mass is 32.2. The van der Waals surface area contributed by atoms with Gasteiger partial charge in [-0.05, 0) is 128 Å². The molecule has 10 nitrogen and oxygen atoms in total. The van der Waals surface area contributed by atoms with Crippen LogP contribution in [0.25, 0.3) is 5.57 Å². The highest BCUT2D eigenvalue weighted by Gasteiger charge is 2.30. The number of allylic oxidation sites excluding steroid dienone is 5. The monoisotopic (exact) mass is 777 g/mol. The van der Waals surface area contributed by atoms with E-state index in [4.69, 9.17) is 4.42 Å². The Morgan fingerprint density at radius 3 is 1.79 bits per heavy atom. The lowest BCUT2D eigenvalue weighted by Crippen LogP contribution is -2.13. The minimum atomic E-state index is -5.04. The van der Waals surface area contributed by atoms with Crippen LogP contribution in [0.15, 0.2) is 105 Å². The van der Waals surface area contributed by atoms with Crippen molar-refractivity contribution < 1.29 is 43.3 Å². The predicted molar refractivity (Wildman–Crippen MR) is 204 cm³/mol. The second kappa shape index (κ2) is 14.7. The zero-order valence-electron chi connectivity index (χ0n) is 30.3. The summed E-state index contributed by atoms with van der Waals surface area (Å²) in [6, 6.07) is 15.9. The molecule has 4 aromatic rings. The molecule has 0 aromatic heterocycles. The van der Waals surface area contributed by atoms with E-state index in [2.05, 4.69) is 26.0 Å². The molecule has 0 fully saturated rings. The molecule has 0 aliphatic heterocycles. The average Bonchev–Trinajstić information content (AvgIpc) is 3.04. The number of aryl methyl sites for hydroxylation is 5. The number of hydrogen-bond acceptors (Lipinski definition) is 6. The number of hydrogen-bond donors (Lipinski definition) is 3. The van der Waals surface area contributed by atoms with Crippen LogP contribution in [0, 0.1) is 41.5 Å². The van der Waals surface area contributed by atoms with Gasteiger partial charge in [0.05, 0.1) is 15.4 Å². The van der Waals surface area contributed by atoms with Crippen LogP contribution in [-0.2, 0) is 47.6 Å². The number of benzene rings is 4. The smallest absolute Gasteiger partial charge is 0.282 e. The molecule has 278 valence electrons. The number of rotatable bonds is 9. The van der Waals surface area contributed by atoms with Gasteiger partial charge >= 0.3 is 5.78 Å². The lowest BCUT2D eigenvalue weighted by atomic mass is 9.85. The van der Waals surface area contributed by atoms with Gasteiger partial charge in [0, 0.05) is 17.2 Å². The Morgan fingerprint density at radius 1 is 0.642 bits per heavy atom. The van der Waals surface area contributed by atoms with Crippen molar-refractivity contribution in [2.24, 2.45) is 0 Å². The Labute approximate surface area is 311 Å². The molecule has 0 atom stereocenters. The van der Waals surface area contributed by atoms with Crippen molar-refractivity contribution in [1.82, 2.24) is 0 Å². The molecular formula is C40H41O10S3+. The largest absolute Gasteiger partial charge is 0.351 e. The van der Waals surface area contributed by atoms with E-state index in [1.807, 2.05) is 26.0 Å². The summed E-state index contributed by atoms with van der Waals surface area (Å²) in [6.45, 7) is 11.3. The summed E-state index contributed by atoms with van der Waals surface area (Å²) in [6.07, 6.45) is 6.41. The molecule has 1 aliphatic carbocycles. The average molecular weight is 778 g/mol. The highest BCUT2D eigenvalue weighted by molar-refractivity contribution is 7.86. The van der Waals surface area contributed by atoms with Crippen LogP contribution in [0.3, 0.4) is 0 Å². The van der Waals surface area contributed by atoms with Crippen molar-refractivity contribution in [1.29, 1.82) is 0 Å². The van der Waals surface area contributed by atoms with E-state index in [-0.39, 0.29) is 16.0 Å². The van der Waals surface area contributed by atoms with Gasteiger partial charge in [0.25, 0.3) is 37.5 Å². The molecule has 13 heteroatoms. The van der Waals surface area contributed by atoms with Gasteiger partial charge in [-0.2, -0.15) is 25.3 Å². The molecule has 0 radical (unpaired) electrons. The van der Waals surface area contributed by atoms with Gasteiger partial charge in [0.2, 0.25) is 0 Å². The SMILES string of the molecule is C[O+]=C1C=C(Cc2c(C)cc(C)cc2C)C=CC1=C(c1ccc(Cc2c(C)cc(C)c(S(=O)(=O)O)c2C)cc1)c1ccc(S(=O)(=O)O)cc1S(=O)(=O)O. The first kappa shape index (κ1) is 39.7. The molecule has 0 heterocycles. The molecule has 0 saturated heterocycles. The Kier molecular flexibility index (Phi) is 11.0. The van der Waals surface area contributed by atoms with Gasteiger partial charge in [0.1, 0.15) is 4.90 Å². The Morgan fingerprint density at radius 2 is 1.25 bits per heavy atom. The third-order valence-corrected chi connectivity index (χ3v) is 12.4. The molecule has 4 aromatic carbocycles. The van der Waals surface area contributed by atoms with Crippen molar-refractivity contribution in [3.63, 3.8) is 0 Å². The second-order valence-corrected chi connectivity index (χ2v) is 17.5. The van der Waals surface area contributed by atoms with Crippen molar-refractivity contribution in [3.05, 3.63) is 151 Å². The van der Waals surface area contributed by atoms with Crippen molar-refractivity contribution >= 4 is 41.7 Å². The Bertz CT molecular complexity index is 2600. The van der Waals surface area contributed by atoms with Crippen LogP contribution in [-0.4, -0.2) is 51.8 Å². The number of carbonyl (C=O) groups excluding carboxylic acids is 1. The zero-order valence-corrected chi connectivity index (χ0v) is 32.8. The summed E-state index contributed by atoms with van der Waals surface area (Å²) in [4.78, 5) is -1.60. The summed E-state index contributed by atoms with van der Waals surface area (Å²) < 4.78 is 110. The molecule has 1 aliphatic rings. The van der Waals surface area contributed by atoms with E-state index in [0.717, 1.165) is 45.0 Å². The van der Waals surface area contributed by atoms with Gasteiger partial charge in [0.15, 0.2) is 0 Å². The quantitative estimate of drug-likeness (QED) is 0.0907. The predicted octanol–water partition coefficient (Wildman–Crippen LogP) is 7.14. The van der Waals surface area contributed by atoms with E-state index in [0.29, 0.717) is 52.5 Å². The fourth-order valence-corrected chi connectivity index (χ4v) is 9.43. The molecule has 0 unspecified atom stereocenters. The topological polar surface area (TPSA) is 174 Å². The lowest BCUT2D eigenvalue weighted by Gasteiger charge is -2.18. The molecule has 0 amide bonds. The summed E-state index contributed by atoms with van der Waals surface area (Å²) in [5.41, 5.74) is 9.84. The standard InChI is InChI=1S/C40H40O10S3/c1-23-16-24(2)35(25(3)17-23)20-30-10-14-33(37(21-30)50-7)39(34-15-13-32(51(41,42)43)22-38(34)52(44,45)46)31-11-8-29(9-12-31)19-36-26(4)18-27(5)40(28(36)6)53(47,48)49/h8-18,21-22H,19-20H2,1-7H3,(H2-,41,42,43,44,45,46,47,48,49)/p+1. The Hall–Kier alpha value is -4.50. The lowest BCUT2D eigenvalue weighted by molar-refractivity contribution is -0.418. The zero-order chi connectivity index (χ0) is 39.2. The van der Waals surface area contributed by atoms with Gasteiger partial charge in [-0.1, -0.05) is 60.2 Å². The molecule has 0 spiro atoms. The van der Waals surface area contributed by atoms with Crippen LogP contribution in [0.1, 0.15) is 61.2 Å². The molecule has 5 rings (SSSR count). The normalized spacial score (nSPS) is 15.5. The first-order chi connectivity index (χ1) is 24.6. The summed E-state index contributed by atoms with van der Waals surface area (Å²) in [5.74, 6) is 0.382. The fourth-order valence-electron chi connectivity index (χ4n) is 7.15. The second-order valence-electron chi connectivity index (χ2n) is 13.4. The van der Waals surface area contributed by atoms with Crippen LogP contribution in [0.4, 0.5) is 0 Å². The van der Waals surface area contributed by atoms with Gasteiger partial charge < -0.3 is 0 Å². The highest BCUT2D eigenvalue weighted by Crippen LogP contribution is 2.37. The van der Waals surface area contributed by atoms with Crippen LogP contribution in [0.2, 0.25) is 0 Å². The van der Waals surface area contributed by atoms with Crippen molar-refractivity contribution in [2.75, 3.05) is 7.11 Å².